The molecule has 0 radical (unpaired) electrons. The van der Waals surface area contributed by atoms with E-state index in [1.807, 2.05) is 23.1 Å². The second kappa shape index (κ2) is 9.00. The average Bonchev–Trinajstić information content (AvgIpc) is 2.68. The predicted molar refractivity (Wildman–Crippen MR) is 122 cm³/mol. The molecule has 1 fully saturated rings. The van der Waals surface area contributed by atoms with Crippen molar-refractivity contribution in [2.45, 2.75) is 52.5 Å². The first-order chi connectivity index (χ1) is 13.7. The van der Waals surface area contributed by atoms with Crippen LogP contribution in [0, 0.1) is 0 Å². The smallest absolute Gasteiger partial charge is 0.321 e. The zero-order valence-corrected chi connectivity index (χ0v) is 18.5. The first-order valence-corrected chi connectivity index (χ1v) is 10.7. The molecule has 3 rings (SSSR count). The van der Waals surface area contributed by atoms with Gasteiger partial charge in [-0.2, -0.15) is 0 Å². The SMILES string of the molecule is CC(C)c1ccccc1NC(=O)N1CCN(Cc2ccc(C(C)(C)C)cc2)CC1. The molecule has 29 heavy (non-hydrogen) atoms. The molecule has 2 amide bonds. The molecule has 1 N–H and O–H groups in total. The van der Waals surface area contributed by atoms with Gasteiger partial charge in [0.25, 0.3) is 0 Å². The number of amides is 2. The van der Waals surface area contributed by atoms with E-state index in [1.165, 1.54) is 16.7 Å². The monoisotopic (exact) mass is 393 g/mol. The highest BCUT2D eigenvalue weighted by Crippen LogP contribution is 2.25. The maximum absolute atomic E-state index is 12.7. The molecule has 0 bridgehead atoms. The number of carbonyl (C=O) groups excluding carboxylic acids is 1. The third-order valence-electron chi connectivity index (χ3n) is 5.71. The number of urea groups is 1. The lowest BCUT2D eigenvalue weighted by Crippen LogP contribution is -2.49. The normalized spacial score (nSPS) is 15.6. The molecule has 4 nitrogen and oxygen atoms in total. The fourth-order valence-corrected chi connectivity index (χ4v) is 3.79. The second-order valence-electron chi connectivity index (χ2n) is 9.38. The lowest BCUT2D eigenvalue weighted by atomic mass is 9.87. The van der Waals surface area contributed by atoms with Gasteiger partial charge in [-0.1, -0.05) is 77.1 Å². The summed E-state index contributed by atoms with van der Waals surface area (Å²) in [7, 11) is 0. The van der Waals surface area contributed by atoms with Gasteiger partial charge in [-0.05, 0) is 34.1 Å². The number of benzene rings is 2. The highest BCUT2D eigenvalue weighted by atomic mass is 16.2. The summed E-state index contributed by atoms with van der Waals surface area (Å²) in [4.78, 5) is 17.1. The van der Waals surface area contributed by atoms with Crippen molar-refractivity contribution in [1.82, 2.24) is 9.80 Å². The molecular formula is C25H35N3O. The van der Waals surface area contributed by atoms with Crippen molar-refractivity contribution >= 4 is 11.7 Å². The van der Waals surface area contributed by atoms with Crippen LogP contribution in [0.4, 0.5) is 10.5 Å². The van der Waals surface area contributed by atoms with Crippen molar-refractivity contribution in [3.05, 3.63) is 65.2 Å². The second-order valence-corrected chi connectivity index (χ2v) is 9.38. The Hall–Kier alpha value is -2.33. The lowest BCUT2D eigenvalue weighted by Gasteiger charge is -2.35. The molecule has 0 aliphatic carbocycles. The number of nitrogens with one attached hydrogen (secondary N) is 1. The third-order valence-corrected chi connectivity index (χ3v) is 5.71. The first-order valence-electron chi connectivity index (χ1n) is 10.7. The Labute approximate surface area is 175 Å². The van der Waals surface area contributed by atoms with E-state index in [0.717, 1.165) is 38.4 Å². The molecule has 1 heterocycles. The highest BCUT2D eigenvalue weighted by Gasteiger charge is 2.22. The zero-order chi connectivity index (χ0) is 21.0. The Morgan fingerprint density at radius 3 is 2.17 bits per heavy atom. The fraction of sp³-hybridized carbons (Fsp3) is 0.480. The molecule has 0 saturated carbocycles. The van der Waals surface area contributed by atoms with E-state index in [4.69, 9.17) is 0 Å². The largest absolute Gasteiger partial charge is 0.322 e. The van der Waals surface area contributed by atoms with Crippen molar-refractivity contribution in [3.8, 4) is 0 Å². The van der Waals surface area contributed by atoms with E-state index < -0.39 is 0 Å². The number of anilines is 1. The van der Waals surface area contributed by atoms with Gasteiger partial charge in [0.2, 0.25) is 0 Å². The lowest BCUT2D eigenvalue weighted by molar-refractivity contribution is 0.143. The van der Waals surface area contributed by atoms with Crippen molar-refractivity contribution in [1.29, 1.82) is 0 Å². The number of carbonyl (C=O) groups is 1. The van der Waals surface area contributed by atoms with Crippen LogP contribution in [-0.2, 0) is 12.0 Å². The van der Waals surface area contributed by atoms with Gasteiger partial charge in [-0.3, -0.25) is 4.90 Å². The number of hydrogen-bond acceptors (Lipinski definition) is 2. The molecule has 1 saturated heterocycles. The van der Waals surface area contributed by atoms with E-state index in [9.17, 15) is 4.79 Å². The van der Waals surface area contributed by atoms with E-state index in [0.29, 0.717) is 5.92 Å². The van der Waals surface area contributed by atoms with Crippen LogP contribution in [0.3, 0.4) is 0 Å². The van der Waals surface area contributed by atoms with Gasteiger partial charge in [0.15, 0.2) is 0 Å². The summed E-state index contributed by atoms with van der Waals surface area (Å²) in [5.74, 6) is 0.382. The molecule has 156 valence electrons. The van der Waals surface area contributed by atoms with Crippen LogP contribution in [0.15, 0.2) is 48.5 Å². The molecule has 0 spiro atoms. The van der Waals surface area contributed by atoms with Gasteiger partial charge in [-0.25, -0.2) is 4.79 Å². The predicted octanol–water partition coefficient (Wildman–Crippen LogP) is 5.46. The third kappa shape index (κ3) is 5.60. The summed E-state index contributed by atoms with van der Waals surface area (Å²) in [5.41, 5.74) is 4.99. The van der Waals surface area contributed by atoms with Crippen molar-refractivity contribution in [3.63, 3.8) is 0 Å². The summed E-state index contributed by atoms with van der Waals surface area (Å²) < 4.78 is 0. The summed E-state index contributed by atoms with van der Waals surface area (Å²) in [6, 6.07) is 17.0. The Morgan fingerprint density at radius 1 is 0.966 bits per heavy atom. The van der Waals surface area contributed by atoms with Crippen LogP contribution in [0.2, 0.25) is 0 Å². The summed E-state index contributed by atoms with van der Waals surface area (Å²) >= 11 is 0. The summed E-state index contributed by atoms with van der Waals surface area (Å²) in [5, 5.41) is 3.11. The van der Waals surface area contributed by atoms with Gasteiger partial charge in [-0.15, -0.1) is 0 Å². The van der Waals surface area contributed by atoms with Crippen molar-refractivity contribution < 1.29 is 4.79 Å². The first kappa shape index (κ1) is 21.4. The van der Waals surface area contributed by atoms with Crippen LogP contribution < -0.4 is 5.32 Å². The Bertz CT molecular complexity index is 813. The Balaban J connectivity index is 1.52. The molecule has 1 aliphatic heterocycles. The molecular weight excluding hydrogens is 358 g/mol. The van der Waals surface area contributed by atoms with Gasteiger partial charge >= 0.3 is 6.03 Å². The number of rotatable bonds is 4. The quantitative estimate of drug-likeness (QED) is 0.749. The number of hydrogen-bond donors (Lipinski definition) is 1. The zero-order valence-electron chi connectivity index (χ0n) is 18.5. The fourth-order valence-electron chi connectivity index (χ4n) is 3.79. The van der Waals surface area contributed by atoms with Crippen LogP contribution in [0.1, 0.15) is 57.2 Å². The highest BCUT2D eigenvalue weighted by molar-refractivity contribution is 5.90. The average molecular weight is 394 g/mol. The van der Waals surface area contributed by atoms with Crippen LogP contribution >= 0.6 is 0 Å². The minimum atomic E-state index is 0.00674. The van der Waals surface area contributed by atoms with Crippen LogP contribution in [0.25, 0.3) is 0 Å². The van der Waals surface area contributed by atoms with Crippen LogP contribution in [-0.4, -0.2) is 42.0 Å². The van der Waals surface area contributed by atoms with E-state index >= 15 is 0 Å². The van der Waals surface area contributed by atoms with Gasteiger partial charge in [0.1, 0.15) is 0 Å². The van der Waals surface area contributed by atoms with E-state index in [-0.39, 0.29) is 11.4 Å². The molecule has 2 aromatic carbocycles. The Kier molecular flexibility index (Phi) is 6.63. The minimum absolute atomic E-state index is 0.00674. The van der Waals surface area contributed by atoms with Gasteiger partial charge < -0.3 is 10.2 Å². The Morgan fingerprint density at radius 2 is 1.59 bits per heavy atom. The molecule has 1 aliphatic rings. The number of piperazine rings is 1. The maximum atomic E-state index is 12.7. The van der Waals surface area contributed by atoms with E-state index in [2.05, 4.69) is 75.2 Å². The van der Waals surface area contributed by atoms with Crippen molar-refractivity contribution in [2.75, 3.05) is 31.5 Å². The topological polar surface area (TPSA) is 35.6 Å². The van der Waals surface area contributed by atoms with Crippen molar-refractivity contribution in [2.24, 2.45) is 0 Å². The molecule has 0 unspecified atom stereocenters. The number of para-hydroxylation sites is 1. The van der Waals surface area contributed by atoms with Gasteiger partial charge in [0, 0.05) is 38.4 Å². The number of nitrogens with zero attached hydrogens (tertiary/aromatic N) is 2. The van der Waals surface area contributed by atoms with Crippen LogP contribution in [0.5, 0.6) is 0 Å². The molecule has 2 aromatic rings. The van der Waals surface area contributed by atoms with E-state index in [1.54, 1.807) is 0 Å². The molecule has 0 aromatic heterocycles. The molecule has 4 heteroatoms. The minimum Gasteiger partial charge on any atom is -0.322 e. The van der Waals surface area contributed by atoms with Gasteiger partial charge in [0.05, 0.1) is 0 Å². The molecule has 0 atom stereocenters. The standard InChI is InChI=1S/C25H35N3O/c1-19(2)22-8-6-7-9-23(22)26-24(29)28-16-14-27(15-17-28)18-20-10-12-21(13-11-20)25(3,4)5/h6-13,19H,14-18H2,1-5H3,(H,26,29). The summed E-state index contributed by atoms with van der Waals surface area (Å²) in [6.45, 7) is 15.3. The maximum Gasteiger partial charge on any atom is 0.321 e. The summed E-state index contributed by atoms with van der Waals surface area (Å²) in [6.07, 6.45) is 0.